The second-order valence-corrected chi connectivity index (χ2v) is 6.66. The molecule has 2 aromatic carbocycles. The summed E-state index contributed by atoms with van der Waals surface area (Å²) >= 11 is 0. The minimum Gasteiger partial charge on any atom is -0.493 e. The Balaban J connectivity index is 2.24. The van der Waals surface area contributed by atoms with Crippen molar-refractivity contribution in [2.45, 2.75) is 26.3 Å². The SMILES string of the molecule is CCN(CC(=O)Nc1ccccc1C(F)(F)F)Cc1cc(OC)c(OC(F)F)cc1[N+](=O)[O-]. The standard InChI is InChI=1S/C20H20F5N3O5/c1-3-27(11-18(29)26-14-7-5-4-6-13(14)20(23,24)25)10-12-8-16(32-2)17(33-19(21)22)9-15(12)28(30)31/h4-9,19H,3,10-11H2,1-2H3,(H,26,29). The number of amides is 1. The zero-order valence-corrected chi connectivity index (χ0v) is 17.5. The normalized spacial score (nSPS) is 11.5. The Labute approximate surface area is 185 Å². The van der Waals surface area contributed by atoms with E-state index in [2.05, 4.69) is 10.1 Å². The Morgan fingerprint density at radius 2 is 1.88 bits per heavy atom. The van der Waals surface area contributed by atoms with Gasteiger partial charge in [0, 0.05) is 12.1 Å². The Bertz CT molecular complexity index is 1000. The van der Waals surface area contributed by atoms with Crippen LogP contribution in [0.15, 0.2) is 36.4 Å². The van der Waals surface area contributed by atoms with Crippen molar-refractivity contribution >= 4 is 17.3 Å². The zero-order valence-electron chi connectivity index (χ0n) is 17.5. The molecular weight excluding hydrogens is 457 g/mol. The molecule has 0 atom stereocenters. The largest absolute Gasteiger partial charge is 0.493 e. The van der Waals surface area contributed by atoms with Crippen molar-refractivity contribution in [2.24, 2.45) is 0 Å². The summed E-state index contributed by atoms with van der Waals surface area (Å²) in [7, 11) is 1.16. The molecule has 0 fully saturated rings. The number of para-hydroxylation sites is 1. The van der Waals surface area contributed by atoms with Crippen LogP contribution >= 0.6 is 0 Å². The van der Waals surface area contributed by atoms with E-state index in [0.717, 1.165) is 31.4 Å². The highest BCUT2D eigenvalue weighted by Gasteiger charge is 2.33. The highest BCUT2D eigenvalue weighted by Crippen LogP contribution is 2.37. The van der Waals surface area contributed by atoms with Crippen molar-refractivity contribution < 1.29 is 41.1 Å². The number of nitrogens with one attached hydrogen (secondary N) is 1. The summed E-state index contributed by atoms with van der Waals surface area (Å²) in [6.45, 7) is -1.99. The van der Waals surface area contributed by atoms with Gasteiger partial charge in [-0.15, -0.1) is 0 Å². The number of hydrogen-bond acceptors (Lipinski definition) is 6. The summed E-state index contributed by atoms with van der Waals surface area (Å²) in [6, 6.07) is 6.37. The van der Waals surface area contributed by atoms with Crippen LogP contribution in [-0.2, 0) is 17.5 Å². The van der Waals surface area contributed by atoms with Crippen molar-refractivity contribution in [2.75, 3.05) is 25.5 Å². The molecule has 13 heteroatoms. The Kier molecular flexibility index (Phi) is 8.51. The number of carbonyl (C=O) groups excluding carboxylic acids is 1. The lowest BCUT2D eigenvalue weighted by Crippen LogP contribution is -2.33. The first-order valence-electron chi connectivity index (χ1n) is 9.44. The summed E-state index contributed by atoms with van der Waals surface area (Å²) in [5, 5.41) is 13.6. The third-order valence-corrected chi connectivity index (χ3v) is 4.49. The number of likely N-dealkylation sites (N-methyl/N-ethyl adjacent to an activating group) is 1. The van der Waals surface area contributed by atoms with E-state index in [-0.39, 0.29) is 24.4 Å². The van der Waals surface area contributed by atoms with E-state index in [4.69, 9.17) is 4.74 Å². The van der Waals surface area contributed by atoms with Crippen LogP contribution in [0.25, 0.3) is 0 Å². The fourth-order valence-corrected chi connectivity index (χ4v) is 2.99. The minimum absolute atomic E-state index is 0.0313. The van der Waals surface area contributed by atoms with Gasteiger partial charge >= 0.3 is 12.8 Å². The van der Waals surface area contributed by atoms with E-state index in [1.807, 2.05) is 0 Å². The Morgan fingerprint density at radius 3 is 2.42 bits per heavy atom. The smallest absolute Gasteiger partial charge is 0.418 e. The molecule has 0 radical (unpaired) electrons. The van der Waals surface area contributed by atoms with Crippen LogP contribution in [0.5, 0.6) is 11.5 Å². The minimum atomic E-state index is -4.67. The quantitative estimate of drug-likeness (QED) is 0.303. The number of rotatable bonds is 10. The summed E-state index contributed by atoms with van der Waals surface area (Å²) in [6.07, 6.45) is -4.67. The summed E-state index contributed by atoms with van der Waals surface area (Å²) in [4.78, 5) is 24.4. The van der Waals surface area contributed by atoms with Crippen molar-refractivity contribution in [3.8, 4) is 11.5 Å². The molecule has 0 spiro atoms. The number of nitrogens with zero attached hydrogens (tertiary/aromatic N) is 2. The van der Waals surface area contributed by atoms with E-state index in [1.54, 1.807) is 6.92 Å². The molecule has 0 saturated carbocycles. The van der Waals surface area contributed by atoms with Gasteiger partial charge in [0.05, 0.1) is 35.9 Å². The van der Waals surface area contributed by atoms with Gasteiger partial charge in [0.25, 0.3) is 5.69 Å². The molecule has 1 N–H and O–H groups in total. The average molecular weight is 477 g/mol. The fraction of sp³-hybridized carbons (Fsp3) is 0.350. The van der Waals surface area contributed by atoms with Gasteiger partial charge in [-0.3, -0.25) is 19.8 Å². The maximum atomic E-state index is 13.1. The second-order valence-electron chi connectivity index (χ2n) is 6.66. The van der Waals surface area contributed by atoms with Gasteiger partial charge in [-0.05, 0) is 24.7 Å². The van der Waals surface area contributed by atoms with Crippen molar-refractivity contribution in [1.82, 2.24) is 4.90 Å². The molecule has 0 aliphatic rings. The third kappa shape index (κ3) is 7.00. The second kappa shape index (κ2) is 10.9. The highest BCUT2D eigenvalue weighted by atomic mass is 19.4. The van der Waals surface area contributed by atoms with Gasteiger partial charge in [0.2, 0.25) is 5.91 Å². The number of benzene rings is 2. The molecular formula is C20H20F5N3O5. The van der Waals surface area contributed by atoms with Gasteiger partial charge in [0.1, 0.15) is 0 Å². The van der Waals surface area contributed by atoms with Crippen LogP contribution in [0.3, 0.4) is 0 Å². The van der Waals surface area contributed by atoms with Crippen LogP contribution < -0.4 is 14.8 Å². The molecule has 0 heterocycles. The van der Waals surface area contributed by atoms with E-state index in [1.165, 1.54) is 17.0 Å². The summed E-state index contributed by atoms with van der Waals surface area (Å²) in [5.74, 6) is -1.50. The zero-order chi connectivity index (χ0) is 24.8. The molecule has 8 nitrogen and oxygen atoms in total. The lowest BCUT2D eigenvalue weighted by Gasteiger charge is -2.21. The van der Waals surface area contributed by atoms with Gasteiger partial charge < -0.3 is 14.8 Å². The van der Waals surface area contributed by atoms with Crippen molar-refractivity contribution in [3.05, 3.63) is 57.6 Å². The number of nitro benzene ring substituents is 1. The third-order valence-electron chi connectivity index (χ3n) is 4.49. The highest BCUT2D eigenvalue weighted by molar-refractivity contribution is 5.93. The molecule has 2 aromatic rings. The molecule has 2 rings (SSSR count). The van der Waals surface area contributed by atoms with Gasteiger partial charge in [-0.25, -0.2) is 0 Å². The number of nitro groups is 1. The molecule has 33 heavy (non-hydrogen) atoms. The number of anilines is 1. The lowest BCUT2D eigenvalue weighted by molar-refractivity contribution is -0.385. The van der Waals surface area contributed by atoms with Crippen LogP contribution in [0, 0.1) is 10.1 Å². The maximum absolute atomic E-state index is 13.1. The molecule has 0 aliphatic heterocycles. The van der Waals surface area contributed by atoms with Gasteiger partial charge in [0.15, 0.2) is 11.5 Å². The van der Waals surface area contributed by atoms with E-state index in [0.29, 0.717) is 0 Å². The van der Waals surface area contributed by atoms with Crippen molar-refractivity contribution in [1.29, 1.82) is 0 Å². The number of halogens is 5. The monoisotopic (exact) mass is 477 g/mol. The predicted octanol–water partition coefficient (Wildman–Crippen LogP) is 4.68. The number of methoxy groups -OCH3 is 1. The number of alkyl halides is 5. The van der Waals surface area contributed by atoms with E-state index < -0.39 is 52.9 Å². The summed E-state index contributed by atoms with van der Waals surface area (Å²) in [5.41, 5.74) is -1.96. The Hall–Kier alpha value is -3.48. The number of carbonyl (C=O) groups is 1. The van der Waals surface area contributed by atoms with Crippen molar-refractivity contribution in [3.63, 3.8) is 0 Å². The van der Waals surface area contributed by atoms with Crippen LogP contribution in [-0.4, -0.2) is 42.5 Å². The topological polar surface area (TPSA) is 93.9 Å². The van der Waals surface area contributed by atoms with Crippen LogP contribution in [0.4, 0.5) is 33.3 Å². The molecule has 0 unspecified atom stereocenters. The molecule has 0 saturated heterocycles. The summed E-state index contributed by atoms with van der Waals surface area (Å²) < 4.78 is 73.8. The van der Waals surface area contributed by atoms with Crippen LogP contribution in [0.1, 0.15) is 18.1 Å². The number of hydrogen-bond donors (Lipinski definition) is 1. The van der Waals surface area contributed by atoms with E-state index in [9.17, 15) is 36.9 Å². The first kappa shape index (κ1) is 25.8. The average Bonchev–Trinajstić information content (AvgIpc) is 2.72. The maximum Gasteiger partial charge on any atom is 0.418 e. The van der Waals surface area contributed by atoms with Gasteiger partial charge in [-0.1, -0.05) is 19.1 Å². The lowest BCUT2D eigenvalue weighted by atomic mass is 10.1. The molecule has 0 aromatic heterocycles. The molecule has 180 valence electrons. The van der Waals surface area contributed by atoms with Crippen LogP contribution in [0.2, 0.25) is 0 Å². The van der Waals surface area contributed by atoms with Gasteiger partial charge in [-0.2, -0.15) is 22.0 Å². The predicted molar refractivity (Wildman–Crippen MR) is 107 cm³/mol. The molecule has 0 aliphatic carbocycles. The molecule has 0 bridgehead atoms. The first-order valence-corrected chi connectivity index (χ1v) is 9.44. The first-order chi connectivity index (χ1) is 15.5. The molecule has 1 amide bonds. The van der Waals surface area contributed by atoms with E-state index >= 15 is 0 Å². The fourth-order valence-electron chi connectivity index (χ4n) is 2.99. The Morgan fingerprint density at radius 1 is 1.21 bits per heavy atom. The number of ether oxygens (including phenoxy) is 2.